The van der Waals surface area contributed by atoms with Crippen molar-refractivity contribution in [2.75, 3.05) is 4.90 Å². The summed E-state index contributed by atoms with van der Waals surface area (Å²) in [5, 5.41) is 11.0. The van der Waals surface area contributed by atoms with Gasteiger partial charge >= 0.3 is 0 Å². The predicted octanol–water partition coefficient (Wildman–Crippen LogP) is 4.99. The fraction of sp³-hybridized carbons (Fsp3) is 0.125. The van der Waals surface area contributed by atoms with Crippen molar-refractivity contribution in [3.05, 3.63) is 94.9 Å². The highest BCUT2D eigenvalue weighted by Gasteiger charge is 2.45. The Morgan fingerprint density at radius 3 is 2.69 bits per heavy atom. The summed E-state index contributed by atoms with van der Waals surface area (Å²) < 4.78 is 19.7. The van der Waals surface area contributed by atoms with E-state index in [4.69, 9.17) is 4.42 Å². The minimum Gasteiger partial charge on any atom is -0.503 e. The quantitative estimate of drug-likeness (QED) is 0.435. The SMILES string of the molecule is Cc1ccc(C(=O)C2=C(O)C(=O)N(c3nc4ccc(F)cc4s3)C2Cc2ccccc2)o1. The number of amides is 1. The summed E-state index contributed by atoms with van der Waals surface area (Å²) in [5.74, 6) is -1.73. The molecule has 0 radical (unpaired) electrons. The van der Waals surface area contributed by atoms with Gasteiger partial charge < -0.3 is 9.52 Å². The van der Waals surface area contributed by atoms with Gasteiger partial charge in [-0.05, 0) is 49.2 Å². The number of rotatable bonds is 5. The minimum atomic E-state index is -0.798. The number of fused-ring (bicyclic) bond motifs is 1. The van der Waals surface area contributed by atoms with Crippen LogP contribution in [0, 0.1) is 12.7 Å². The van der Waals surface area contributed by atoms with Crippen molar-refractivity contribution in [2.45, 2.75) is 19.4 Å². The Balaban J connectivity index is 1.62. The van der Waals surface area contributed by atoms with Crippen molar-refractivity contribution in [2.24, 2.45) is 0 Å². The molecule has 0 saturated heterocycles. The minimum absolute atomic E-state index is 0.0429. The summed E-state index contributed by atoms with van der Waals surface area (Å²) in [6, 6.07) is 15.9. The first-order valence-corrected chi connectivity index (χ1v) is 10.7. The Hall–Kier alpha value is -3.78. The van der Waals surface area contributed by atoms with Gasteiger partial charge in [-0.2, -0.15) is 0 Å². The highest BCUT2D eigenvalue weighted by atomic mass is 32.1. The van der Waals surface area contributed by atoms with Crippen LogP contribution in [0.15, 0.2) is 76.4 Å². The molecule has 4 aromatic rings. The molecule has 0 spiro atoms. The van der Waals surface area contributed by atoms with Crippen LogP contribution >= 0.6 is 11.3 Å². The molecule has 160 valence electrons. The number of hydrogen-bond donors (Lipinski definition) is 1. The average molecular weight is 448 g/mol. The zero-order valence-electron chi connectivity index (χ0n) is 16.9. The summed E-state index contributed by atoms with van der Waals surface area (Å²) in [6.07, 6.45) is 0.279. The fourth-order valence-electron chi connectivity index (χ4n) is 3.85. The molecule has 3 heterocycles. The molecule has 0 fully saturated rings. The Labute approximate surface area is 186 Å². The van der Waals surface area contributed by atoms with Crippen LogP contribution in [0.2, 0.25) is 0 Å². The van der Waals surface area contributed by atoms with Gasteiger partial charge in [0.15, 0.2) is 16.7 Å². The third-order valence-electron chi connectivity index (χ3n) is 5.35. The molecule has 0 bridgehead atoms. The lowest BCUT2D eigenvalue weighted by Gasteiger charge is -2.24. The van der Waals surface area contributed by atoms with Gasteiger partial charge in [-0.1, -0.05) is 41.7 Å². The van der Waals surface area contributed by atoms with E-state index in [0.29, 0.717) is 16.0 Å². The van der Waals surface area contributed by atoms with Gasteiger partial charge in [-0.25, -0.2) is 9.37 Å². The number of Topliss-reactive ketones (excluding diaryl/α,β-unsaturated/α-hetero) is 1. The molecule has 1 aliphatic rings. The predicted molar refractivity (Wildman–Crippen MR) is 118 cm³/mol. The van der Waals surface area contributed by atoms with Crippen LogP contribution < -0.4 is 4.90 Å². The highest BCUT2D eigenvalue weighted by molar-refractivity contribution is 7.22. The summed E-state index contributed by atoms with van der Waals surface area (Å²) in [7, 11) is 0. The molecular weight excluding hydrogens is 431 g/mol. The van der Waals surface area contributed by atoms with Gasteiger partial charge in [-0.15, -0.1) is 0 Å². The van der Waals surface area contributed by atoms with E-state index in [1.807, 2.05) is 30.3 Å². The standard InChI is InChI=1S/C24H17FN2O4S/c1-13-7-10-18(31-13)21(28)20-17(11-14-5-3-2-4-6-14)27(23(30)22(20)29)24-26-16-9-8-15(25)12-19(16)32-24/h2-10,12,17,29H,11H2,1H3. The van der Waals surface area contributed by atoms with Crippen LogP contribution in [0.4, 0.5) is 9.52 Å². The average Bonchev–Trinajstić information content (AvgIpc) is 3.45. The lowest BCUT2D eigenvalue weighted by atomic mass is 9.95. The summed E-state index contributed by atoms with van der Waals surface area (Å²) in [6.45, 7) is 1.71. The van der Waals surface area contributed by atoms with E-state index in [1.165, 1.54) is 29.2 Å². The third kappa shape index (κ3) is 3.38. The smallest absolute Gasteiger partial charge is 0.296 e. The number of ketones is 1. The Morgan fingerprint density at radius 1 is 1.19 bits per heavy atom. The molecule has 32 heavy (non-hydrogen) atoms. The monoisotopic (exact) mass is 448 g/mol. The number of aliphatic hydroxyl groups excluding tert-OH is 1. The maximum Gasteiger partial charge on any atom is 0.296 e. The number of halogens is 1. The van der Waals surface area contributed by atoms with Crippen LogP contribution in [0.3, 0.4) is 0 Å². The lowest BCUT2D eigenvalue weighted by molar-refractivity contribution is -0.117. The molecule has 0 aliphatic carbocycles. The van der Waals surface area contributed by atoms with E-state index in [0.717, 1.165) is 16.9 Å². The zero-order chi connectivity index (χ0) is 22.4. The number of carbonyl (C=O) groups excluding carboxylic acids is 2. The van der Waals surface area contributed by atoms with Crippen LogP contribution in [0.5, 0.6) is 0 Å². The van der Waals surface area contributed by atoms with E-state index in [1.54, 1.807) is 13.0 Å². The van der Waals surface area contributed by atoms with Crippen LogP contribution in [-0.2, 0) is 11.2 Å². The molecule has 5 rings (SSSR count). The first-order chi connectivity index (χ1) is 15.4. The van der Waals surface area contributed by atoms with Gasteiger partial charge in [0.25, 0.3) is 5.91 Å². The number of thiazole rings is 1. The Kier molecular flexibility index (Phi) is 4.86. The number of carbonyl (C=O) groups is 2. The lowest BCUT2D eigenvalue weighted by Crippen LogP contribution is -2.38. The van der Waals surface area contributed by atoms with Crippen molar-refractivity contribution in [1.82, 2.24) is 4.98 Å². The third-order valence-corrected chi connectivity index (χ3v) is 6.36. The van der Waals surface area contributed by atoms with E-state index >= 15 is 0 Å². The number of hydrogen-bond acceptors (Lipinski definition) is 6. The molecule has 1 atom stereocenters. The highest BCUT2D eigenvalue weighted by Crippen LogP contribution is 2.38. The number of anilines is 1. The number of furan rings is 1. The van der Waals surface area contributed by atoms with Gasteiger partial charge in [0.05, 0.1) is 21.8 Å². The fourth-order valence-corrected chi connectivity index (χ4v) is 4.89. The first-order valence-electron chi connectivity index (χ1n) is 9.90. The molecule has 2 aromatic heterocycles. The molecule has 1 N–H and O–H groups in total. The second-order valence-corrected chi connectivity index (χ2v) is 8.50. The summed E-state index contributed by atoms with van der Waals surface area (Å²) in [4.78, 5) is 32.2. The van der Waals surface area contributed by atoms with Crippen LogP contribution in [0.25, 0.3) is 10.2 Å². The number of aryl methyl sites for hydroxylation is 1. The summed E-state index contributed by atoms with van der Waals surface area (Å²) in [5.41, 5.74) is 1.36. The molecule has 6 nitrogen and oxygen atoms in total. The zero-order valence-corrected chi connectivity index (χ0v) is 17.7. The van der Waals surface area contributed by atoms with Crippen LogP contribution in [-0.4, -0.2) is 27.8 Å². The largest absolute Gasteiger partial charge is 0.503 e. The van der Waals surface area contributed by atoms with Gasteiger partial charge in [-0.3, -0.25) is 14.5 Å². The first kappa shape index (κ1) is 20.1. The van der Waals surface area contributed by atoms with Crippen LogP contribution in [0.1, 0.15) is 21.9 Å². The van der Waals surface area contributed by atoms with Gasteiger partial charge in [0.1, 0.15) is 11.6 Å². The molecule has 8 heteroatoms. The van der Waals surface area contributed by atoms with Crippen molar-refractivity contribution in [3.63, 3.8) is 0 Å². The number of nitrogens with zero attached hydrogens (tertiary/aromatic N) is 2. The Bertz CT molecular complexity index is 1390. The van der Waals surface area contributed by atoms with Crippen molar-refractivity contribution >= 4 is 38.4 Å². The van der Waals surface area contributed by atoms with E-state index in [-0.39, 0.29) is 22.9 Å². The van der Waals surface area contributed by atoms with E-state index in [9.17, 15) is 19.1 Å². The number of aliphatic hydroxyl groups is 1. The van der Waals surface area contributed by atoms with E-state index < -0.39 is 29.3 Å². The number of benzene rings is 2. The molecule has 1 aliphatic heterocycles. The topological polar surface area (TPSA) is 83.6 Å². The Morgan fingerprint density at radius 2 is 1.97 bits per heavy atom. The van der Waals surface area contributed by atoms with Crippen molar-refractivity contribution in [3.8, 4) is 0 Å². The van der Waals surface area contributed by atoms with Gasteiger partial charge in [0.2, 0.25) is 5.78 Å². The maximum absolute atomic E-state index is 13.7. The maximum atomic E-state index is 13.7. The molecule has 0 saturated carbocycles. The second kappa shape index (κ2) is 7.72. The molecule has 2 aromatic carbocycles. The second-order valence-electron chi connectivity index (χ2n) is 7.49. The normalized spacial score (nSPS) is 16.4. The molecular formula is C24H17FN2O4S. The molecule has 1 amide bonds. The summed E-state index contributed by atoms with van der Waals surface area (Å²) >= 11 is 1.12. The van der Waals surface area contributed by atoms with E-state index in [2.05, 4.69) is 4.98 Å². The van der Waals surface area contributed by atoms with Crippen molar-refractivity contribution in [1.29, 1.82) is 0 Å². The van der Waals surface area contributed by atoms with Crippen molar-refractivity contribution < 1.29 is 23.5 Å². The number of aromatic nitrogens is 1. The van der Waals surface area contributed by atoms with Gasteiger partial charge in [0, 0.05) is 0 Å². The molecule has 1 unspecified atom stereocenters.